The normalized spacial score (nSPS) is 12.0. The third-order valence-corrected chi connectivity index (χ3v) is 5.62. The Labute approximate surface area is 173 Å². The van der Waals surface area contributed by atoms with Crippen molar-refractivity contribution < 1.29 is 0 Å². The summed E-state index contributed by atoms with van der Waals surface area (Å²) in [5.41, 5.74) is 15.8. The Balaban J connectivity index is 2.01. The topological polar surface area (TPSA) is 77.8 Å². The highest BCUT2D eigenvalue weighted by molar-refractivity contribution is 6.31. The quantitative estimate of drug-likeness (QED) is 0.483. The first-order valence-electron chi connectivity index (χ1n) is 9.11. The minimum atomic E-state index is -0.761. The maximum Gasteiger partial charge on any atom is 0.0720 e. The highest BCUT2D eigenvalue weighted by Gasteiger charge is 2.32. The summed E-state index contributed by atoms with van der Waals surface area (Å²) >= 11 is 12.3. The molecule has 2 aromatic heterocycles. The van der Waals surface area contributed by atoms with Crippen molar-refractivity contribution in [2.45, 2.75) is 18.4 Å². The zero-order chi connectivity index (χ0) is 19.7. The van der Waals surface area contributed by atoms with Gasteiger partial charge in [0.2, 0.25) is 0 Å². The molecule has 28 heavy (non-hydrogen) atoms. The van der Waals surface area contributed by atoms with Crippen molar-refractivity contribution in [2.24, 2.45) is 11.5 Å². The second-order valence-corrected chi connectivity index (χ2v) is 7.78. The van der Waals surface area contributed by atoms with E-state index in [9.17, 15) is 0 Å². The summed E-state index contributed by atoms with van der Waals surface area (Å²) in [5.74, 6) is 0. The van der Waals surface area contributed by atoms with Gasteiger partial charge in [0.05, 0.1) is 16.6 Å². The van der Waals surface area contributed by atoms with Crippen LogP contribution in [-0.4, -0.2) is 16.5 Å². The van der Waals surface area contributed by atoms with Gasteiger partial charge in [0, 0.05) is 33.2 Å². The van der Waals surface area contributed by atoms with Crippen molar-refractivity contribution >= 4 is 45.0 Å². The standard InChI is InChI=1S/C22H20Cl2N4/c23-14-2-4-16-18(6-10-27-20(16)12-14)22(26,8-1-9-25)19-7-11-28-21-13-15(24)3-5-17(19)21/h2-7,10-13H,1,8-9,25-26H2. The number of benzene rings is 2. The fourth-order valence-corrected chi connectivity index (χ4v) is 4.15. The van der Waals surface area contributed by atoms with Gasteiger partial charge in [-0.25, -0.2) is 0 Å². The summed E-state index contributed by atoms with van der Waals surface area (Å²) in [6, 6.07) is 15.4. The fraction of sp³-hybridized carbons (Fsp3) is 0.182. The minimum absolute atomic E-state index is 0.558. The maximum atomic E-state index is 7.16. The molecule has 0 saturated heterocycles. The first kappa shape index (κ1) is 19.1. The lowest BCUT2D eigenvalue weighted by molar-refractivity contribution is 0.483. The fourth-order valence-electron chi connectivity index (χ4n) is 3.82. The molecule has 4 aromatic rings. The van der Waals surface area contributed by atoms with Crippen molar-refractivity contribution in [1.82, 2.24) is 9.97 Å². The third kappa shape index (κ3) is 3.33. The number of nitrogens with zero attached hydrogens (tertiary/aromatic N) is 2. The zero-order valence-corrected chi connectivity index (χ0v) is 16.7. The van der Waals surface area contributed by atoms with Gasteiger partial charge in [-0.15, -0.1) is 0 Å². The molecule has 4 N–H and O–H groups in total. The molecule has 0 atom stereocenters. The predicted molar refractivity (Wildman–Crippen MR) is 117 cm³/mol. The van der Waals surface area contributed by atoms with Crippen LogP contribution in [0.5, 0.6) is 0 Å². The van der Waals surface area contributed by atoms with Crippen LogP contribution in [0.15, 0.2) is 60.9 Å². The summed E-state index contributed by atoms with van der Waals surface area (Å²) in [6.07, 6.45) is 5.02. The summed E-state index contributed by atoms with van der Waals surface area (Å²) < 4.78 is 0. The van der Waals surface area contributed by atoms with E-state index in [1.54, 1.807) is 12.4 Å². The van der Waals surface area contributed by atoms with Crippen LogP contribution in [0.25, 0.3) is 21.8 Å². The summed E-state index contributed by atoms with van der Waals surface area (Å²) in [6.45, 7) is 0.558. The van der Waals surface area contributed by atoms with Crippen LogP contribution in [0, 0.1) is 0 Å². The van der Waals surface area contributed by atoms with Gasteiger partial charge in [0.25, 0.3) is 0 Å². The number of pyridine rings is 2. The van der Waals surface area contributed by atoms with Crippen molar-refractivity contribution in [3.63, 3.8) is 0 Å². The lowest BCUT2D eigenvalue weighted by Gasteiger charge is -2.33. The Morgan fingerprint density at radius 1 is 0.786 bits per heavy atom. The van der Waals surface area contributed by atoms with Crippen LogP contribution in [-0.2, 0) is 5.54 Å². The number of aromatic nitrogens is 2. The average molecular weight is 411 g/mol. The molecule has 142 valence electrons. The molecule has 2 aromatic carbocycles. The molecule has 0 amide bonds. The van der Waals surface area contributed by atoms with E-state index in [1.165, 1.54) is 0 Å². The van der Waals surface area contributed by atoms with Gasteiger partial charge in [-0.1, -0.05) is 35.3 Å². The molecule has 2 heterocycles. The number of hydrogen-bond acceptors (Lipinski definition) is 4. The maximum absolute atomic E-state index is 7.16. The summed E-state index contributed by atoms with van der Waals surface area (Å²) in [7, 11) is 0. The average Bonchev–Trinajstić information content (AvgIpc) is 2.70. The molecule has 0 unspecified atom stereocenters. The lowest BCUT2D eigenvalue weighted by atomic mass is 9.77. The van der Waals surface area contributed by atoms with Gasteiger partial charge >= 0.3 is 0 Å². The van der Waals surface area contributed by atoms with E-state index in [2.05, 4.69) is 9.97 Å². The van der Waals surface area contributed by atoms with Gasteiger partial charge in [-0.2, -0.15) is 0 Å². The second kappa shape index (κ2) is 7.64. The van der Waals surface area contributed by atoms with Crippen molar-refractivity contribution in [3.8, 4) is 0 Å². The van der Waals surface area contributed by atoms with E-state index in [0.717, 1.165) is 39.4 Å². The molecule has 0 fully saturated rings. The minimum Gasteiger partial charge on any atom is -0.330 e. The van der Waals surface area contributed by atoms with Gasteiger partial charge in [0.15, 0.2) is 0 Å². The molecular formula is C22H20Cl2N4. The zero-order valence-electron chi connectivity index (χ0n) is 15.2. The Morgan fingerprint density at radius 3 is 1.75 bits per heavy atom. The van der Waals surface area contributed by atoms with Crippen molar-refractivity contribution in [2.75, 3.05) is 6.54 Å². The highest BCUT2D eigenvalue weighted by atomic mass is 35.5. The van der Waals surface area contributed by atoms with E-state index in [0.29, 0.717) is 23.0 Å². The molecule has 0 bridgehead atoms. The number of halogens is 2. The smallest absolute Gasteiger partial charge is 0.0720 e. The molecule has 4 rings (SSSR count). The number of rotatable bonds is 5. The van der Waals surface area contributed by atoms with E-state index in [4.69, 9.17) is 34.7 Å². The van der Waals surface area contributed by atoms with E-state index < -0.39 is 5.54 Å². The number of hydrogen-bond donors (Lipinski definition) is 2. The van der Waals surface area contributed by atoms with E-state index >= 15 is 0 Å². The first-order valence-corrected chi connectivity index (χ1v) is 9.87. The second-order valence-electron chi connectivity index (χ2n) is 6.90. The highest BCUT2D eigenvalue weighted by Crippen LogP contribution is 2.39. The summed E-state index contributed by atoms with van der Waals surface area (Å²) in [5, 5.41) is 3.24. The Bertz CT molecular complexity index is 1070. The van der Waals surface area contributed by atoms with Crippen molar-refractivity contribution in [1.29, 1.82) is 0 Å². The largest absolute Gasteiger partial charge is 0.330 e. The van der Waals surface area contributed by atoms with Crippen LogP contribution in [0.4, 0.5) is 0 Å². The molecule has 0 aliphatic heterocycles. The van der Waals surface area contributed by atoms with E-state index in [1.807, 2.05) is 48.5 Å². The SMILES string of the molecule is NCCCC(N)(c1ccnc2cc(Cl)ccc12)c1ccnc2cc(Cl)ccc12. The first-order chi connectivity index (χ1) is 13.5. The molecule has 0 radical (unpaired) electrons. The van der Waals surface area contributed by atoms with Crippen LogP contribution >= 0.6 is 23.2 Å². The molecule has 0 saturated carbocycles. The number of fused-ring (bicyclic) bond motifs is 2. The Morgan fingerprint density at radius 2 is 1.29 bits per heavy atom. The van der Waals surface area contributed by atoms with Gasteiger partial charge in [-0.05, 0) is 66.9 Å². The summed E-state index contributed by atoms with van der Waals surface area (Å²) in [4.78, 5) is 8.94. The molecule has 0 spiro atoms. The van der Waals surface area contributed by atoms with Crippen molar-refractivity contribution in [3.05, 3.63) is 82.1 Å². The van der Waals surface area contributed by atoms with Crippen LogP contribution in [0.2, 0.25) is 10.0 Å². The van der Waals surface area contributed by atoms with E-state index in [-0.39, 0.29) is 0 Å². The Kier molecular flexibility index (Phi) is 5.21. The Hall–Kier alpha value is -2.24. The third-order valence-electron chi connectivity index (χ3n) is 5.15. The molecule has 6 heteroatoms. The van der Waals surface area contributed by atoms with Gasteiger partial charge in [0.1, 0.15) is 0 Å². The predicted octanol–water partition coefficient (Wildman–Crippen LogP) is 5.03. The molecular weight excluding hydrogens is 391 g/mol. The van der Waals surface area contributed by atoms with Crippen LogP contribution < -0.4 is 11.5 Å². The molecule has 0 aliphatic carbocycles. The van der Waals surface area contributed by atoms with Crippen LogP contribution in [0.1, 0.15) is 24.0 Å². The molecule has 4 nitrogen and oxygen atoms in total. The lowest BCUT2D eigenvalue weighted by Crippen LogP contribution is -2.39. The van der Waals surface area contributed by atoms with Gasteiger partial charge < -0.3 is 11.5 Å². The number of nitrogens with two attached hydrogens (primary N) is 2. The monoisotopic (exact) mass is 410 g/mol. The van der Waals surface area contributed by atoms with Crippen LogP contribution in [0.3, 0.4) is 0 Å². The van der Waals surface area contributed by atoms with Gasteiger partial charge in [-0.3, -0.25) is 9.97 Å². The molecule has 0 aliphatic rings.